The number of carbonyl (C=O) groups is 2. The molecule has 0 saturated heterocycles. The lowest BCUT2D eigenvalue weighted by Gasteiger charge is -2.22. The van der Waals surface area contributed by atoms with Gasteiger partial charge in [-0.05, 0) is 38.5 Å². The first-order chi connectivity index (χ1) is 13.8. The molecule has 29 heavy (non-hydrogen) atoms. The molecule has 0 aromatic carbocycles. The van der Waals surface area contributed by atoms with Crippen molar-refractivity contribution in [3.8, 4) is 0 Å². The molecule has 0 bridgehead atoms. The minimum atomic E-state index is -1.01. The molecule has 1 aliphatic rings. The van der Waals surface area contributed by atoms with Crippen molar-refractivity contribution in [2.45, 2.75) is 81.6 Å². The molecule has 1 aromatic heterocycles. The number of thiazole rings is 1. The first kappa shape index (κ1) is 24.1. The molecular formula is C22H33NO4S2. The third-order valence-electron chi connectivity index (χ3n) is 5.52. The number of rotatable bonds is 13. The van der Waals surface area contributed by atoms with Crippen LogP contribution in [0.4, 0.5) is 0 Å². The molecule has 3 atom stereocenters. The van der Waals surface area contributed by atoms with E-state index in [2.05, 4.69) is 24.1 Å². The summed E-state index contributed by atoms with van der Waals surface area (Å²) in [5.41, 5.74) is -0.595. The first-order valence-electron chi connectivity index (χ1n) is 10.6. The number of aromatic carboxylic acids is 1. The summed E-state index contributed by atoms with van der Waals surface area (Å²) >= 11 is 2.85. The zero-order valence-corrected chi connectivity index (χ0v) is 19.1. The van der Waals surface area contributed by atoms with Gasteiger partial charge < -0.3 is 10.2 Å². The Bertz CT molecular complexity index is 699. The van der Waals surface area contributed by atoms with E-state index in [9.17, 15) is 14.7 Å². The molecule has 162 valence electrons. The Labute approximate surface area is 182 Å². The van der Waals surface area contributed by atoms with E-state index in [0.29, 0.717) is 18.6 Å². The third-order valence-corrected chi connectivity index (χ3v) is 7.58. The maximum Gasteiger partial charge on any atom is 0.355 e. The summed E-state index contributed by atoms with van der Waals surface area (Å²) in [5, 5.41) is 21.0. The molecule has 2 N–H and O–H groups in total. The number of allylic oxidation sites excluding steroid dienone is 1. The number of carboxylic acid groups (broad SMARTS) is 1. The van der Waals surface area contributed by atoms with Crippen LogP contribution in [0.25, 0.3) is 0 Å². The zero-order chi connectivity index (χ0) is 21.3. The molecule has 7 heteroatoms. The van der Waals surface area contributed by atoms with Crippen molar-refractivity contribution in [2.24, 2.45) is 11.8 Å². The van der Waals surface area contributed by atoms with Crippen LogP contribution < -0.4 is 0 Å². The Kier molecular flexibility index (Phi) is 9.86. The van der Waals surface area contributed by atoms with E-state index in [1.807, 2.05) is 6.92 Å². The number of unbranched alkanes of at least 4 members (excludes halogenated alkanes) is 3. The predicted octanol–water partition coefficient (Wildman–Crippen LogP) is 5.59. The van der Waals surface area contributed by atoms with Crippen LogP contribution in [0.2, 0.25) is 0 Å². The lowest BCUT2D eigenvalue weighted by atomic mass is 9.90. The summed E-state index contributed by atoms with van der Waals surface area (Å²) in [6.45, 7) is 4.08. The number of carbonyl (C=O) groups excluding carboxylic acids is 1. The van der Waals surface area contributed by atoms with Crippen molar-refractivity contribution in [3.05, 3.63) is 23.2 Å². The number of hydrogen-bond acceptors (Lipinski definition) is 6. The normalized spacial score (nSPS) is 21.7. The van der Waals surface area contributed by atoms with Gasteiger partial charge in [0.2, 0.25) is 0 Å². The van der Waals surface area contributed by atoms with E-state index in [1.165, 1.54) is 42.4 Å². The number of ketones is 1. The van der Waals surface area contributed by atoms with Crippen molar-refractivity contribution in [1.82, 2.24) is 4.98 Å². The molecule has 1 fully saturated rings. The van der Waals surface area contributed by atoms with E-state index in [1.54, 1.807) is 5.38 Å². The van der Waals surface area contributed by atoms with Gasteiger partial charge in [0.05, 0.1) is 5.60 Å². The summed E-state index contributed by atoms with van der Waals surface area (Å²) < 4.78 is 0.735. The van der Waals surface area contributed by atoms with Gasteiger partial charge in [0.1, 0.15) is 5.78 Å². The van der Waals surface area contributed by atoms with Gasteiger partial charge in [-0.2, -0.15) is 0 Å². The molecule has 1 saturated carbocycles. The highest BCUT2D eigenvalue weighted by molar-refractivity contribution is 8.01. The summed E-state index contributed by atoms with van der Waals surface area (Å²) in [6, 6.07) is 0. The van der Waals surface area contributed by atoms with Gasteiger partial charge in [-0.25, -0.2) is 9.78 Å². The van der Waals surface area contributed by atoms with Crippen molar-refractivity contribution in [3.63, 3.8) is 0 Å². The highest BCUT2D eigenvalue weighted by Crippen LogP contribution is 2.35. The van der Waals surface area contributed by atoms with Gasteiger partial charge in [-0.3, -0.25) is 4.79 Å². The summed E-state index contributed by atoms with van der Waals surface area (Å²) in [6.07, 6.45) is 12.5. The minimum absolute atomic E-state index is 0.0205. The number of hydrogen-bond donors (Lipinski definition) is 2. The molecule has 2 rings (SSSR count). The third kappa shape index (κ3) is 8.22. The summed E-state index contributed by atoms with van der Waals surface area (Å²) in [4.78, 5) is 27.3. The van der Waals surface area contributed by atoms with Crippen LogP contribution in [0.15, 0.2) is 21.9 Å². The number of Topliss-reactive ketones (excluding diaryl/α,β-unsaturated/α-hetero) is 1. The van der Waals surface area contributed by atoms with Crippen LogP contribution in [0.5, 0.6) is 0 Å². The second kappa shape index (κ2) is 11.9. The van der Waals surface area contributed by atoms with Gasteiger partial charge in [-0.15, -0.1) is 11.3 Å². The molecule has 1 aromatic rings. The Morgan fingerprint density at radius 3 is 2.90 bits per heavy atom. The number of aromatic nitrogens is 1. The highest BCUT2D eigenvalue weighted by atomic mass is 32.2. The molecular weight excluding hydrogens is 406 g/mol. The number of nitrogens with zero attached hydrogens (tertiary/aromatic N) is 1. The van der Waals surface area contributed by atoms with Crippen molar-refractivity contribution < 1.29 is 19.8 Å². The van der Waals surface area contributed by atoms with E-state index in [-0.39, 0.29) is 17.5 Å². The van der Waals surface area contributed by atoms with E-state index in [4.69, 9.17) is 5.11 Å². The molecule has 5 nitrogen and oxygen atoms in total. The van der Waals surface area contributed by atoms with Crippen molar-refractivity contribution in [2.75, 3.05) is 5.75 Å². The standard InChI is InChI=1S/C22H33NO4S2/c1-3-4-5-6-12-22(2,27)13-7-8-16-9-10-19(24)17(16)11-14-28-21-23-18(15-29-21)20(25)26/h7-8,15-17,27H,3-6,9-14H2,1-2H3,(H,25,26)/b8-7+/t16-,17-,22?/m1/s1. The highest BCUT2D eigenvalue weighted by Gasteiger charge is 2.32. The van der Waals surface area contributed by atoms with Gasteiger partial charge in [0, 0.05) is 23.5 Å². The van der Waals surface area contributed by atoms with E-state index in [0.717, 1.165) is 35.8 Å². The average Bonchev–Trinajstić information content (AvgIpc) is 3.27. The fourth-order valence-electron chi connectivity index (χ4n) is 3.77. The quantitative estimate of drug-likeness (QED) is 0.237. The maximum absolute atomic E-state index is 12.3. The Balaban J connectivity index is 1.78. The number of aliphatic hydroxyl groups is 1. The first-order valence-corrected chi connectivity index (χ1v) is 12.4. The lowest BCUT2D eigenvalue weighted by molar-refractivity contribution is -0.121. The van der Waals surface area contributed by atoms with Gasteiger partial charge in [0.15, 0.2) is 10.0 Å². The van der Waals surface area contributed by atoms with Gasteiger partial charge >= 0.3 is 5.97 Å². The minimum Gasteiger partial charge on any atom is -0.476 e. The fourth-order valence-corrected chi connectivity index (χ4v) is 5.66. The Hall–Kier alpha value is -1.18. The van der Waals surface area contributed by atoms with Crippen LogP contribution in [-0.2, 0) is 4.79 Å². The van der Waals surface area contributed by atoms with Crippen molar-refractivity contribution in [1.29, 1.82) is 0 Å². The summed E-state index contributed by atoms with van der Waals surface area (Å²) in [7, 11) is 0. The molecule has 0 spiro atoms. The van der Waals surface area contributed by atoms with Gasteiger partial charge in [-0.1, -0.05) is 56.5 Å². The largest absolute Gasteiger partial charge is 0.476 e. The maximum atomic E-state index is 12.3. The van der Waals surface area contributed by atoms with Crippen LogP contribution in [-0.4, -0.2) is 38.3 Å². The summed E-state index contributed by atoms with van der Waals surface area (Å²) in [5.74, 6) is 0.321. The molecule has 0 amide bonds. The molecule has 0 radical (unpaired) electrons. The van der Waals surface area contributed by atoms with E-state index >= 15 is 0 Å². The van der Waals surface area contributed by atoms with Crippen LogP contribution >= 0.6 is 23.1 Å². The number of thioether (sulfide) groups is 1. The smallest absolute Gasteiger partial charge is 0.355 e. The molecule has 1 heterocycles. The molecule has 1 aliphatic carbocycles. The second-order valence-corrected chi connectivity index (χ2v) is 10.4. The topological polar surface area (TPSA) is 87.5 Å². The SMILES string of the molecule is CCCCCCC(C)(O)C/C=C/[C@@H]1CCC(=O)[C@@H]1CCSc1nc(C(=O)O)cs1. The predicted molar refractivity (Wildman–Crippen MR) is 119 cm³/mol. The average molecular weight is 440 g/mol. The van der Waals surface area contributed by atoms with E-state index < -0.39 is 11.6 Å². The van der Waals surface area contributed by atoms with Crippen LogP contribution in [0.1, 0.15) is 82.1 Å². The molecule has 1 unspecified atom stereocenters. The second-order valence-electron chi connectivity index (χ2n) is 8.16. The fraction of sp³-hybridized carbons (Fsp3) is 0.682. The Morgan fingerprint density at radius 1 is 1.41 bits per heavy atom. The molecule has 0 aliphatic heterocycles. The monoisotopic (exact) mass is 439 g/mol. The Morgan fingerprint density at radius 2 is 2.21 bits per heavy atom. The van der Waals surface area contributed by atoms with Gasteiger partial charge in [0.25, 0.3) is 0 Å². The van der Waals surface area contributed by atoms with Crippen LogP contribution in [0.3, 0.4) is 0 Å². The number of carboxylic acids is 1. The zero-order valence-electron chi connectivity index (χ0n) is 17.4. The van der Waals surface area contributed by atoms with Crippen LogP contribution in [0, 0.1) is 11.8 Å². The lowest BCUT2D eigenvalue weighted by Crippen LogP contribution is -2.23. The van der Waals surface area contributed by atoms with Crippen molar-refractivity contribution >= 4 is 34.9 Å².